The van der Waals surface area contributed by atoms with Crippen molar-refractivity contribution in [3.8, 4) is 11.5 Å². The van der Waals surface area contributed by atoms with Crippen molar-refractivity contribution in [3.05, 3.63) is 72.3 Å². The van der Waals surface area contributed by atoms with E-state index >= 15 is 0 Å². The molecule has 0 spiro atoms. The fourth-order valence-corrected chi connectivity index (χ4v) is 3.27. The van der Waals surface area contributed by atoms with Gasteiger partial charge in [0.05, 0.1) is 13.2 Å². The summed E-state index contributed by atoms with van der Waals surface area (Å²) in [5.41, 5.74) is 2.10. The van der Waals surface area contributed by atoms with Crippen molar-refractivity contribution in [2.24, 2.45) is 10.9 Å². The number of amides is 2. The molecule has 7 heteroatoms. The van der Waals surface area contributed by atoms with Crippen molar-refractivity contribution < 1.29 is 23.8 Å². The number of esters is 1. The molecule has 7 nitrogen and oxygen atoms in total. The summed E-state index contributed by atoms with van der Waals surface area (Å²) in [6.45, 7) is 5.66. The summed E-state index contributed by atoms with van der Waals surface area (Å²) in [7, 11) is 1.54. The largest absolute Gasteiger partial charge is 0.493 e. The normalized spacial score (nSPS) is 18.1. The molecule has 0 bridgehead atoms. The highest BCUT2D eigenvalue weighted by atomic mass is 16.5. The van der Waals surface area contributed by atoms with Crippen LogP contribution in [0.25, 0.3) is 0 Å². The first kappa shape index (κ1) is 21.1. The molecule has 0 radical (unpaired) electrons. The van der Waals surface area contributed by atoms with E-state index in [1.807, 2.05) is 30.3 Å². The lowest BCUT2D eigenvalue weighted by molar-refractivity contribution is -0.145. The van der Waals surface area contributed by atoms with E-state index in [0.717, 1.165) is 5.56 Å². The van der Waals surface area contributed by atoms with Crippen molar-refractivity contribution in [2.75, 3.05) is 13.7 Å². The lowest BCUT2D eigenvalue weighted by atomic mass is 9.88. The highest BCUT2D eigenvalue weighted by Gasteiger charge is 2.38. The molecule has 0 aliphatic carbocycles. The van der Waals surface area contributed by atoms with Crippen LogP contribution >= 0.6 is 0 Å². The van der Waals surface area contributed by atoms with Crippen LogP contribution in [0.1, 0.15) is 24.1 Å². The van der Waals surface area contributed by atoms with Crippen LogP contribution in [0.2, 0.25) is 0 Å². The quantitative estimate of drug-likeness (QED) is 0.530. The summed E-state index contributed by atoms with van der Waals surface area (Å²) in [5, 5.41) is 2.75. The van der Waals surface area contributed by atoms with Crippen molar-refractivity contribution in [1.82, 2.24) is 5.32 Å². The number of aliphatic imine (C=N–C) groups is 1. The summed E-state index contributed by atoms with van der Waals surface area (Å²) in [6, 6.07) is 13.9. The molecule has 2 aromatic carbocycles. The van der Waals surface area contributed by atoms with Crippen LogP contribution in [0.3, 0.4) is 0 Å². The van der Waals surface area contributed by atoms with Gasteiger partial charge in [0.2, 0.25) is 0 Å². The Bertz CT molecular complexity index is 955. The monoisotopic (exact) mass is 408 g/mol. The Morgan fingerprint density at radius 1 is 1.20 bits per heavy atom. The van der Waals surface area contributed by atoms with E-state index in [1.165, 1.54) is 13.2 Å². The molecule has 0 saturated carbocycles. The lowest BCUT2D eigenvalue weighted by Crippen LogP contribution is -2.44. The zero-order valence-corrected chi connectivity index (χ0v) is 17.0. The first-order valence-electron chi connectivity index (χ1n) is 9.51. The number of benzene rings is 2. The second kappa shape index (κ2) is 9.73. The average molecular weight is 408 g/mol. The fourth-order valence-electron chi connectivity index (χ4n) is 3.27. The highest BCUT2D eigenvalue weighted by molar-refractivity contribution is 6.08. The van der Waals surface area contributed by atoms with Gasteiger partial charge in [0.25, 0.3) is 0 Å². The topological polar surface area (TPSA) is 86.2 Å². The van der Waals surface area contributed by atoms with Crippen LogP contribution in [-0.4, -0.2) is 31.4 Å². The predicted octanol–water partition coefficient (Wildman–Crippen LogP) is 3.84. The minimum absolute atomic E-state index is 0.0822. The second-order valence-electron chi connectivity index (χ2n) is 6.76. The number of hydrogen-bond donors (Lipinski definition) is 1. The third-order valence-electron chi connectivity index (χ3n) is 4.72. The number of nitrogens with zero attached hydrogens (tertiary/aromatic N) is 1. The standard InChI is InChI=1S/C23H24N2O5/c1-4-12-29-22(26)20-15(2)24-23(27)25-21(20)17-10-11-18(19(13-17)28-3)30-14-16-8-6-5-7-9-16/h4-11,13,20-21H,1,12,14H2,2-3H3,(H,25,27). The van der Waals surface area contributed by atoms with Gasteiger partial charge in [-0.15, -0.1) is 0 Å². The minimum Gasteiger partial charge on any atom is -0.493 e. The predicted molar refractivity (Wildman–Crippen MR) is 113 cm³/mol. The Morgan fingerprint density at radius 3 is 2.67 bits per heavy atom. The molecular formula is C23H24N2O5. The number of hydrogen-bond acceptors (Lipinski definition) is 5. The van der Waals surface area contributed by atoms with E-state index in [4.69, 9.17) is 14.2 Å². The molecule has 2 aromatic rings. The molecule has 3 rings (SSSR count). The van der Waals surface area contributed by atoms with E-state index in [9.17, 15) is 9.59 Å². The van der Waals surface area contributed by atoms with Gasteiger partial charge in [-0.1, -0.05) is 49.1 Å². The van der Waals surface area contributed by atoms with Crippen molar-refractivity contribution >= 4 is 17.7 Å². The van der Waals surface area contributed by atoms with Gasteiger partial charge in [-0.2, -0.15) is 0 Å². The Kier molecular flexibility index (Phi) is 6.85. The Labute approximate surface area is 175 Å². The Balaban J connectivity index is 1.85. The van der Waals surface area contributed by atoms with E-state index in [0.29, 0.717) is 29.4 Å². The first-order valence-corrected chi connectivity index (χ1v) is 9.51. The molecule has 2 atom stereocenters. The van der Waals surface area contributed by atoms with Gasteiger partial charge in [0.15, 0.2) is 11.5 Å². The van der Waals surface area contributed by atoms with Crippen LogP contribution in [-0.2, 0) is 16.1 Å². The number of ether oxygens (including phenoxy) is 3. The maximum atomic E-state index is 12.6. The SMILES string of the molecule is C=CCOC(=O)C1C(C)=NC(=O)NC1c1ccc(OCc2ccccc2)c(OC)c1. The maximum absolute atomic E-state index is 12.6. The summed E-state index contributed by atoms with van der Waals surface area (Å²) in [5.74, 6) is -0.174. The maximum Gasteiger partial charge on any atom is 0.341 e. The fraction of sp³-hybridized carbons (Fsp3) is 0.261. The van der Waals surface area contributed by atoms with Crippen LogP contribution in [0, 0.1) is 5.92 Å². The van der Waals surface area contributed by atoms with E-state index in [-0.39, 0.29) is 6.61 Å². The summed E-state index contributed by atoms with van der Waals surface area (Å²) in [4.78, 5) is 28.5. The Morgan fingerprint density at radius 2 is 1.97 bits per heavy atom. The average Bonchev–Trinajstić information content (AvgIpc) is 2.76. The van der Waals surface area contributed by atoms with Crippen molar-refractivity contribution in [2.45, 2.75) is 19.6 Å². The molecule has 0 saturated heterocycles. The molecular weight excluding hydrogens is 384 g/mol. The van der Waals surface area contributed by atoms with Gasteiger partial charge in [0, 0.05) is 5.71 Å². The first-order chi connectivity index (χ1) is 14.5. The third-order valence-corrected chi connectivity index (χ3v) is 4.72. The molecule has 1 aliphatic rings. The molecule has 2 unspecified atom stereocenters. The molecule has 0 fully saturated rings. The second-order valence-corrected chi connectivity index (χ2v) is 6.76. The summed E-state index contributed by atoms with van der Waals surface area (Å²) in [6.07, 6.45) is 1.49. The van der Waals surface area contributed by atoms with Gasteiger partial charge in [-0.05, 0) is 30.2 Å². The van der Waals surface area contributed by atoms with Crippen LogP contribution in [0.5, 0.6) is 11.5 Å². The van der Waals surface area contributed by atoms with Crippen LogP contribution in [0.4, 0.5) is 4.79 Å². The molecule has 0 aromatic heterocycles. The number of urea groups is 1. The molecule has 1 heterocycles. The van der Waals surface area contributed by atoms with Crippen molar-refractivity contribution in [1.29, 1.82) is 0 Å². The Hall–Kier alpha value is -3.61. The molecule has 30 heavy (non-hydrogen) atoms. The van der Waals surface area contributed by atoms with Crippen LogP contribution in [0.15, 0.2) is 66.2 Å². The van der Waals surface area contributed by atoms with Gasteiger partial charge in [-0.25, -0.2) is 9.79 Å². The minimum atomic E-state index is -0.747. The van der Waals surface area contributed by atoms with Gasteiger partial charge in [0.1, 0.15) is 19.1 Å². The number of methoxy groups -OCH3 is 1. The van der Waals surface area contributed by atoms with E-state index in [2.05, 4.69) is 16.9 Å². The smallest absolute Gasteiger partial charge is 0.341 e. The number of nitrogens with one attached hydrogen (secondary N) is 1. The highest BCUT2D eigenvalue weighted by Crippen LogP contribution is 2.35. The zero-order chi connectivity index (χ0) is 21.5. The summed E-state index contributed by atoms with van der Waals surface area (Å²) < 4.78 is 16.6. The summed E-state index contributed by atoms with van der Waals surface area (Å²) >= 11 is 0. The zero-order valence-electron chi connectivity index (χ0n) is 17.0. The lowest BCUT2D eigenvalue weighted by Gasteiger charge is -2.30. The molecule has 1 aliphatic heterocycles. The van der Waals surface area contributed by atoms with E-state index < -0.39 is 24.0 Å². The number of carbonyl (C=O) groups is 2. The van der Waals surface area contributed by atoms with Gasteiger partial charge >= 0.3 is 12.0 Å². The van der Waals surface area contributed by atoms with E-state index in [1.54, 1.807) is 25.1 Å². The number of rotatable bonds is 8. The molecule has 1 N–H and O–H groups in total. The van der Waals surface area contributed by atoms with Gasteiger partial charge < -0.3 is 19.5 Å². The van der Waals surface area contributed by atoms with Gasteiger partial charge in [-0.3, -0.25) is 4.79 Å². The molecule has 2 amide bonds. The number of carbonyl (C=O) groups excluding carboxylic acids is 2. The van der Waals surface area contributed by atoms with Crippen molar-refractivity contribution in [3.63, 3.8) is 0 Å². The third kappa shape index (κ3) is 4.86. The van der Waals surface area contributed by atoms with Crippen LogP contribution < -0.4 is 14.8 Å². The molecule has 156 valence electrons.